The van der Waals surface area contributed by atoms with Crippen LogP contribution in [0, 0.1) is 5.82 Å². The van der Waals surface area contributed by atoms with Crippen LogP contribution in [-0.4, -0.2) is 32.3 Å². The number of rotatable bonds is 4. The van der Waals surface area contributed by atoms with Crippen LogP contribution in [-0.2, 0) is 0 Å². The molecule has 0 radical (unpaired) electrons. The van der Waals surface area contributed by atoms with Crippen LogP contribution in [0.15, 0.2) is 66.9 Å². The first kappa shape index (κ1) is 15.9. The molecule has 128 valence electrons. The number of hydrogen-bond donors (Lipinski definition) is 0. The van der Waals surface area contributed by atoms with Gasteiger partial charge in [0, 0.05) is 12.3 Å². The zero-order chi connectivity index (χ0) is 17.9. The molecule has 0 aliphatic carbocycles. The smallest absolute Gasteiger partial charge is 0.223 e. The van der Waals surface area contributed by atoms with Gasteiger partial charge in [-0.25, -0.2) is 4.39 Å². The lowest BCUT2D eigenvalue weighted by Crippen LogP contribution is -2.00. The topological polar surface area (TPSA) is 65.7 Å². The molecule has 0 saturated heterocycles. The van der Waals surface area contributed by atoms with Crippen LogP contribution in [0.4, 0.5) is 4.39 Å². The summed E-state index contributed by atoms with van der Waals surface area (Å²) in [5.41, 5.74) is 2.59. The number of nitrogens with zero attached hydrogens (tertiary/aromatic N) is 5. The van der Waals surface area contributed by atoms with Crippen LogP contribution in [0.3, 0.4) is 0 Å². The zero-order valence-electron chi connectivity index (χ0n) is 13.9. The fraction of sp³-hybridized carbons (Fsp3) is 0.0526. The Balaban J connectivity index is 1.74. The number of benzene rings is 2. The molecule has 2 aromatic carbocycles. The van der Waals surface area contributed by atoms with Crippen LogP contribution < -0.4 is 4.74 Å². The largest absolute Gasteiger partial charge is 0.497 e. The number of aromatic nitrogens is 5. The molecule has 2 aromatic heterocycles. The summed E-state index contributed by atoms with van der Waals surface area (Å²) in [5.74, 6) is 0.680. The van der Waals surface area contributed by atoms with Crippen molar-refractivity contribution in [2.75, 3.05) is 7.11 Å². The number of ether oxygens (including phenoxy) is 1. The Hall–Kier alpha value is -3.61. The highest BCUT2D eigenvalue weighted by Crippen LogP contribution is 2.26. The zero-order valence-corrected chi connectivity index (χ0v) is 13.9. The fourth-order valence-electron chi connectivity index (χ4n) is 2.58. The standard InChI is InChI=1S/C19H14FN5O/c1-26-17-6-4-5-13(11-17)14-9-15(20)12-16(10-14)25-23-19(22-24-25)18-7-2-3-8-21-18/h2-12H,1H3. The average molecular weight is 347 g/mol. The summed E-state index contributed by atoms with van der Waals surface area (Å²) in [5, 5.41) is 12.3. The van der Waals surface area contributed by atoms with Gasteiger partial charge in [-0.2, -0.15) is 0 Å². The Labute approximate surface area is 148 Å². The Bertz CT molecular complexity index is 1050. The highest BCUT2D eigenvalue weighted by atomic mass is 19.1. The summed E-state index contributed by atoms with van der Waals surface area (Å²) >= 11 is 0. The molecule has 0 saturated carbocycles. The van der Waals surface area contributed by atoms with Crippen molar-refractivity contribution < 1.29 is 9.13 Å². The van der Waals surface area contributed by atoms with Crippen molar-refractivity contribution in [2.24, 2.45) is 0 Å². The van der Waals surface area contributed by atoms with Gasteiger partial charge >= 0.3 is 0 Å². The summed E-state index contributed by atoms with van der Waals surface area (Å²) in [6.07, 6.45) is 1.65. The van der Waals surface area contributed by atoms with Gasteiger partial charge in [-0.1, -0.05) is 18.2 Å². The Morgan fingerprint density at radius 3 is 2.69 bits per heavy atom. The molecule has 0 amide bonds. The van der Waals surface area contributed by atoms with Gasteiger partial charge in [-0.05, 0) is 52.7 Å². The molecule has 0 aliphatic heterocycles. The van der Waals surface area contributed by atoms with E-state index in [-0.39, 0.29) is 0 Å². The maximum Gasteiger partial charge on any atom is 0.223 e. The van der Waals surface area contributed by atoms with Gasteiger partial charge in [-0.3, -0.25) is 4.98 Å². The lowest BCUT2D eigenvalue weighted by Gasteiger charge is -2.07. The Morgan fingerprint density at radius 1 is 0.962 bits per heavy atom. The lowest BCUT2D eigenvalue weighted by atomic mass is 10.0. The predicted molar refractivity (Wildman–Crippen MR) is 94.3 cm³/mol. The third kappa shape index (κ3) is 3.14. The third-order valence-corrected chi connectivity index (χ3v) is 3.82. The Morgan fingerprint density at radius 2 is 1.88 bits per heavy atom. The molecule has 6 nitrogen and oxygen atoms in total. The van der Waals surface area contributed by atoms with Crippen LogP contribution >= 0.6 is 0 Å². The molecule has 0 atom stereocenters. The van der Waals surface area contributed by atoms with Crippen molar-refractivity contribution in [3.05, 3.63) is 72.7 Å². The summed E-state index contributed by atoms with van der Waals surface area (Å²) in [7, 11) is 1.59. The van der Waals surface area contributed by atoms with Crippen molar-refractivity contribution in [3.63, 3.8) is 0 Å². The summed E-state index contributed by atoms with van der Waals surface area (Å²) in [4.78, 5) is 5.48. The normalized spacial score (nSPS) is 10.7. The molecule has 0 N–H and O–H groups in total. The minimum absolute atomic E-state index is 0.373. The average Bonchev–Trinajstić information content (AvgIpc) is 3.18. The molecule has 0 fully saturated rings. The van der Waals surface area contributed by atoms with Crippen molar-refractivity contribution in [1.29, 1.82) is 0 Å². The van der Waals surface area contributed by atoms with E-state index >= 15 is 0 Å². The summed E-state index contributed by atoms with van der Waals surface area (Å²) in [6, 6.07) is 17.4. The van der Waals surface area contributed by atoms with Crippen molar-refractivity contribution >= 4 is 0 Å². The molecule has 26 heavy (non-hydrogen) atoms. The molecule has 0 aliphatic rings. The van der Waals surface area contributed by atoms with Crippen molar-refractivity contribution in [1.82, 2.24) is 25.2 Å². The van der Waals surface area contributed by atoms with E-state index < -0.39 is 5.82 Å². The SMILES string of the molecule is COc1cccc(-c2cc(F)cc(-n3nnc(-c4ccccn4)n3)c2)c1. The van der Waals surface area contributed by atoms with Gasteiger partial charge in [0.15, 0.2) is 0 Å². The van der Waals surface area contributed by atoms with E-state index in [1.165, 1.54) is 16.9 Å². The second kappa shape index (κ2) is 6.72. The van der Waals surface area contributed by atoms with E-state index in [0.29, 0.717) is 28.5 Å². The molecule has 7 heteroatoms. The first-order valence-electron chi connectivity index (χ1n) is 7.90. The van der Waals surface area contributed by atoms with Gasteiger partial charge in [0.2, 0.25) is 5.82 Å². The van der Waals surface area contributed by atoms with E-state index in [2.05, 4.69) is 20.4 Å². The second-order valence-corrected chi connectivity index (χ2v) is 5.55. The molecule has 4 aromatic rings. The van der Waals surface area contributed by atoms with E-state index in [4.69, 9.17) is 4.74 Å². The minimum atomic E-state index is -0.392. The first-order valence-corrected chi connectivity index (χ1v) is 7.90. The van der Waals surface area contributed by atoms with Crippen molar-refractivity contribution in [3.8, 4) is 34.1 Å². The highest BCUT2D eigenvalue weighted by Gasteiger charge is 2.11. The maximum atomic E-state index is 14.2. The van der Waals surface area contributed by atoms with Crippen LogP contribution in [0.1, 0.15) is 0 Å². The van der Waals surface area contributed by atoms with Gasteiger partial charge in [0.1, 0.15) is 17.3 Å². The molecule has 4 rings (SSSR count). The summed E-state index contributed by atoms with van der Waals surface area (Å²) < 4.78 is 19.4. The predicted octanol–water partition coefficient (Wildman–Crippen LogP) is 3.54. The Kier molecular flexibility index (Phi) is 4.10. The molecular formula is C19H14FN5O. The molecular weight excluding hydrogens is 333 g/mol. The highest BCUT2D eigenvalue weighted by molar-refractivity contribution is 5.67. The van der Waals surface area contributed by atoms with Crippen LogP contribution in [0.5, 0.6) is 5.75 Å². The lowest BCUT2D eigenvalue weighted by molar-refractivity contribution is 0.415. The number of hydrogen-bond acceptors (Lipinski definition) is 5. The molecule has 0 bridgehead atoms. The molecule has 0 spiro atoms. The van der Waals surface area contributed by atoms with E-state index in [9.17, 15) is 4.39 Å². The van der Waals surface area contributed by atoms with Crippen molar-refractivity contribution in [2.45, 2.75) is 0 Å². The monoisotopic (exact) mass is 347 g/mol. The number of tetrazole rings is 1. The second-order valence-electron chi connectivity index (χ2n) is 5.55. The number of halogens is 1. The minimum Gasteiger partial charge on any atom is -0.497 e. The maximum absolute atomic E-state index is 14.2. The van der Waals surface area contributed by atoms with Gasteiger partial charge in [0.25, 0.3) is 0 Å². The van der Waals surface area contributed by atoms with Crippen LogP contribution in [0.2, 0.25) is 0 Å². The number of pyridine rings is 1. The van der Waals surface area contributed by atoms with E-state index in [1.54, 1.807) is 31.5 Å². The van der Waals surface area contributed by atoms with E-state index in [0.717, 1.165) is 5.56 Å². The van der Waals surface area contributed by atoms with Crippen LogP contribution in [0.25, 0.3) is 28.3 Å². The van der Waals surface area contributed by atoms with Gasteiger partial charge < -0.3 is 4.74 Å². The quantitative estimate of drug-likeness (QED) is 0.565. The third-order valence-electron chi connectivity index (χ3n) is 3.82. The van der Waals surface area contributed by atoms with E-state index in [1.807, 2.05) is 30.3 Å². The first-order chi connectivity index (χ1) is 12.7. The fourth-order valence-corrected chi connectivity index (χ4v) is 2.58. The number of methoxy groups -OCH3 is 1. The summed E-state index contributed by atoms with van der Waals surface area (Å²) in [6.45, 7) is 0. The van der Waals surface area contributed by atoms with Gasteiger partial charge in [0.05, 0.1) is 12.8 Å². The molecule has 0 unspecified atom stereocenters. The van der Waals surface area contributed by atoms with Gasteiger partial charge in [-0.15, -0.1) is 15.0 Å². The molecule has 2 heterocycles.